The van der Waals surface area contributed by atoms with E-state index in [0.29, 0.717) is 25.7 Å². The van der Waals surface area contributed by atoms with E-state index in [1.807, 2.05) is 0 Å². The van der Waals surface area contributed by atoms with Crippen molar-refractivity contribution < 1.29 is 80.2 Å². The molecule has 0 aliphatic heterocycles. The quantitative estimate of drug-likeness (QED) is 0.0222. The number of hydrogen-bond donors (Lipinski definition) is 3. The van der Waals surface area contributed by atoms with Crippen LogP contribution in [0.25, 0.3) is 0 Å². The Bertz CT molecular complexity index is 1940. The zero-order valence-electron chi connectivity index (χ0n) is 66.2. The lowest BCUT2D eigenvalue weighted by atomic mass is 10.0. The number of aliphatic hydroxyl groups is 1. The summed E-state index contributed by atoms with van der Waals surface area (Å²) in [7, 11) is -9.92. The third-order valence-corrected chi connectivity index (χ3v) is 21.1. The zero-order valence-corrected chi connectivity index (χ0v) is 68.0. The van der Waals surface area contributed by atoms with Gasteiger partial charge < -0.3 is 33.8 Å². The molecule has 600 valence electrons. The highest BCUT2D eigenvalue weighted by Crippen LogP contribution is 2.45. The number of carbonyl (C=O) groups excluding carboxylic acids is 4. The molecule has 0 spiro atoms. The fourth-order valence-electron chi connectivity index (χ4n) is 12.7. The second-order valence-electron chi connectivity index (χ2n) is 30.5. The summed E-state index contributed by atoms with van der Waals surface area (Å²) in [6, 6.07) is 0. The van der Waals surface area contributed by atoms with Crippen molar-refractivity contribution in [3.63, 3.8) is 0 Å². The van der Waals surface area contributed by atoms with Gasteiger partial charge in [-0.3, -0.25) is 37.3 Å². The third kappa shape index (κ3) is 76.1. The molecule has 0 amide bonds. The molecule has 0 aromatic rings. The van der Waals surface area contributed by atoms with Crippen molar-refractivity contribution >= 4 is 39.5 Å². The molecule has 0 saturated carbocycles. The molecular formula is C82H160O17P2. The summed E-state index contributed by atoms with van der Waals surface area (Å²) in [6.45, 7) is 9.68. The number of phosphoric acid groups is 2. The maximum Gasteiger partial charge on any atom is 0.472 e. The Kier molecular flexibility index (Phi) is 72.2. The van der Waals surface area contributed by atoms with Crippen molar-refractivity contribution in [3.8, 4) is 0 Å². The Balaban J connectivity index is 5.24. The summed E-state index contributed by atoms with van der Waals surface area (Å²) in [4.78, 5) is 73.1. The normalized spacial score (nSPS) is 13.9. The van der Waals surface area contributed by atoms with Crippen LogP contribution >= 0.6 is 15.6 Å². The Labute approximate surface area is 619 Å². The van der Waals surface area contributed by atoms with Crippen molar-refractivity contribution in [2.24, 2.45) is 11.8 Å². The minimum Gasteiger partial charge on any atom is -0.462 e. The van der Waals surface area contributed by atoms with Crippen LogP contribution in [-0.2, 0) is 65.4 Å². The van der Waals surface area contributed by atoms with Gasteiger partial charge in [0, 0.05) is 25.7 Å². The highest BCUT2D eigenvalue weighted by atomic mass is 31.2. The molecule has 0 aliphatic rings. The molecule has 2 unspecified atom stereocenters. The number of aliphatic hydroxyl groups excluding tert-OH is 1. The van der Waals surface area contributed by atoms with Crippen LogP contribution in [0.2, 0.25) is 0 Å². The summed E-state index contributed by atoms with van der Waals surface area (Å²) < 4.78 is 68.8. The van der Waals surface area contributed by atoms with Crippen molar-refractivity contribution in [2.45, 2.75) is 452 Å². The molecule has 17 nitrogen and oxygen atoms in total. The first-order valence-corrected chi connectivity index (χ1v) is 45.5. The van der Waals surface area contributed by atoms with Gasteiger partial charge in [0.05, 0.1) is 26.4 Å². The molecule has 0 aliphatic carbocycles. The van der Waals surface area contributed by atoms with Crippen LogP contribution in [0.3, 0.4) is 0 Å². The molecule has 0 fully saturated rings. The van der Waals surface area contributed by atoms with E-state index in [1.165, 1.54) is 250 Å². The van der Waals surface area contributed by atoms with Gasteiger partial charge in [-0.25, -0.2) is 9.13 Å². The van der Waals surface area contributed by atoms with E-state index in [2.05, 4.69) is 41.5 Å². The largest absolute Gasteiger partial charge is 0.472 e. The summed E-state index contributed by atoms with van der Waals surface area (Å²) in [5.74, 6) is -0.516. The average molecular weight is 1480 g/mol. The van der Waals surface area contributed by atoms with Gasteiger partial charge in [-0.2, -0.15) is 0 Å². The highest BCUT2D eigenvalue weighted by molar-refractivity contribution is 7.47. The monoisotopic (exact) mass is 1480 g/mol. The third-order valence-electron chi connectivity index (χ3n) is 19.2. The topological polar surface area (TPSA) is 237 Å². The Morgan fingerprint density at radius 2 is 0.455 bits per heavy atom. The van der Waals surface area contributed by atoms with Crippen molar-refractivity contribution in [1.29, 1.82) is 0 Å². The molecule has 0 saturated heterocycles. The molecule has 101 heavy (non-hydrogen) atoms. The maximum atomic E-state index is 13.1. The number of hydrogen-bond acceptors (Lipinski definition) is 15. The lowest BCUT2D eigenvalue weighted by molar-refractivity contribution is -0.161. The lowest BCUT2D eigenvalue weighted by Gasteiger charge is -2.21. The summed E-state index contributed by atoms with van der Waals surface area (Å²) in [6.07, 6.45) is 63.7. The maximum absolute atomic E-state index is 13.1. The Morgan fingerprint density at radius 3 is 0.673 bits per heavy atom. The van der Waals surface area contributed by atoms with E-state index in [1.54, 1.807) is 0 Å². The first-order chi connectivity index (χ1) is 48.9. The predicted octanol–water partition coefficient (Wildman–Crippen LogP) is 24.7. The van der Waals surface area contributed by atoms with E-state index in [0.717, 1.165) is 102 Å². The summed E-state index contributed by atoms with van der Waals surface area (Å²) in [5.41, 5.74) is 0. The number of carbonyl (C=O) groups is 4. The van der Waals surface area contributed by atoms with E-state index in [9.17, 15) is 43.2 Å². The van der Waals surface area contributed by atoms with Gasteiger partial charge in [-0.1, -0.05) is 382 Å². The lowest BCUT2D eigenvalue weighted by Crippen LogP contribution is -2.30. The molecule has 0 radical (unpaired) electrons. The molecule has 0 bridgehead atoms. The molecular weight excluding hydrogens is 1320 g/mol. The molecule has 0 aromatic carbocycles. The van der Waals surface area contributed by atoms with Crippen molar-refractivity contribution in [3.05, 3.63) is 0 Å². The molecule has 5 atom stereocenters. The molecule has 0 aromatic heterocycles. The van der Waals surface area contributed by atoms with Crippen molar-refractivity contribution in [2.75, 3.05) is 39.6 Å². The van der Waals surface area contributed by atoms with Crippen LogP contribution < -0.4 is 0 Å². The molecule has 0 heterocycles. The average Bonchev–Trinajstić information content (AvgIpc) is 1.58. The predicted molar refractivity (Wildman–Crippen MR) is 414 cm³/mol. The Morgan fingerprint density at radius 1 is 0.267 bits per heavy atom. The van der Waals surface area contributed by atoms with Crippen LogP contribution in [0.5, 0.6) is 0 Å². The van der Waals surface area contributed by atoms with E-state index in [-0.39, 0.29) is 25.7 Å². The van der Waals surface area contributed by atoms with E-state index < -0.39 is 97.5 Å². The second-order valence-corrected chi connectivity index (χ2v) is 33.4. The van der Waals surface area contributed by atoms with E-state index >= 15 is 0 Å². The van der Waals surface area contributed by atoms with Crippen LogP contribution in [0.4, 0.5) is 0 Å². The zero-order chi connectivity index (χ0) is 74.2. The fourth-order valence-corrected chi connectivity index (χ4v) is 14.3. The van der Waals surface area contributed by atoms with Crippen LogP contribution in [0, 0.1) is 11.8 Å². The van der Waals surface area contributed by atoms with Crippen LogP contribution in [-0.4, -0.2) is 96.7 Å². The van der Waals surface area contributed by atoms with Crippen LogP contribution in [0.15, 0.2) is 0 Å². The van der Waals surface area contributed by atoms with Gasteiger partial charge in [0.1, 0.15) is 19.3 Å². The first-order valence-electron chi connectivity index (χ1n) is 42.5. The van der Waals surface area contributed by atoms with Gasteiger partial charge in [-0.15, -0.1) is 0 Å². The van der Waals surface area contributed by atoms with Gasteiger partial charge in [-0.05, 0) is 37.5 Å². The number of esters is 4. The standard InChI is InChI=1S/C82H160O17P2/c1-7-9-11-13-15-17-19-20-21-22-25-30-35-41-47-53-59-65-80(85)93-71-78(99-81(86)66-60-54-48-42-36-31-26-23-24-28-33-38-44-50-56-62-74(3)4)73-97-101(90,91)95-69-76(83)68-94-100(88,89)96-72-77(70-92-79(84)64-58-52-46-40-18-16-14-12-10-8-2)98-82(87)67-61-55-49-43-37-32-27-29-34-39-45-51-57-63-75(5)6/h74-78,83H,7-73H2,1-6H3,(H,88,89)(H,90,91)/t76-,77+,78+/m0/s1. The number of phosphoric ester groups is 2. The Hall–Kier alpha value is -1.94. The second kappa shape index (κ2) is 73.6. The number of unbranched alkanes of at least 4 members (excludes halogenated alkanes) is 51. The van der Waals surface area contributed by atoms with E-state index in [4.69, 9.17) is 37.0 Å². The van der Waals surface area contributed by atoms with Crippen molar-refractivity contribution in [1.82, 2.24) is 0 Å². The van der Waals surface area contributed by atoms with Gasteiger partial charge in [0.15, 0.2) is 12.2 Å². The van der Waals surface area contributed by atoms with Gasteiger partial charge in [0.25, 0.3) is 0 Å². The minimum atomic E-state index is -4.96. The molecule has 0 rings (SSSR count). The number of rotatable bonds is 81. The van der Waals surface area contributed by atoms with Gasteiger partial charge >= 0.3 is 39.5 Å². The van der Waals surface area contributed by atoms with Crippen LogP contribution in [0.1, 0.15) is 433 Å². The molecule has 19 heteroatoms. The number of ether oxygens (including phenoxy) is 4. The smallest absolute Gasteiger partial charge is 0.462 e. The van der Waals surface area contributed by atoms with Gasteiger partial charge in [0.2, 0.25) is 0 Å². The summed E-state index contributed by atoms with van der Waals surface area (Å²) in [5, 5.41) is 10.6. The highest BCUT2D eigenvalue weighted by Gasteiger charge is 2.30. The SMILES string of the molecule is CCCCCCCCCCCCCCCCCCCC(=O)OC[C@H](COP(=O)(O)OC[C@@H](O)COP(=O)(O)OC[C@@H](COC(=O)CCCCCCCCCCCC)OC(=O)CCCCCCCCCCCCCCCC(C)C)OC(=O)CCCCCCCCCCCCCCCCCC(C)C. The summed E-state index contributed by atoms with van der Waals surface area (Å²) >= 11 is 0. The first kappa shape index (κ1) is 99.1. The molecule has 3 N–H and O–H groups in total. The minimum absolute atomic E-state index is 0.108. The fraction of sp³-hybridized carbons (Fsp3) is 0.951.